The van der Waals surface area contributed by atoms with E-state index in [1.54, 1.807) is 0 Å². The molecule has 5 aliphatic rings. The second kappa shape index (κ2) is 6.61. The summed E-state index contributed by atoms with van der Waals surface area (Å²) >= 11 is 0. The minimum Gasteiger partial charge on any atom is -0.340 e. The van der Waals surface area contributed by atoms with Gasteiger partial charge in [0.25, 0.3) is 0 Å². The van der Waals surface area contributed by atoms with E-state index >= 15 is 0 Å². The van der Waals surface area contributed by atoms with Crippen LogP contribution in [0.4, 0.5) is 0 Å². The molecule has 1 aromatic rings. The first-order chi connectivity index (χ1) is 13.1. The standard InChI is InChI=1S/C22H34N4O/c1-3-26-16(2)20(14-23-26)15-24-4-6-25(7-5-24)21(27)22-11-17-8-18(12-22)10-19(9-17)13-22/h14,17-19H,3-13,15H2,1-2H3. The molecule has 0 unspecified atom stereocenters. The smallest absolute Gasteiger partial charge is 0.228 e. The van der Waals surface area contributed by atoms with Crippen molar-refractivity contribution in [1.82, 2.24) is 19.6 Å². The Kier molecular flexibility index (Phi) is 4.34. The van der Waals surface area contributed by atoms with Crippen LogP contribution in [0.2, 0.25) is 0 Å². The lowest BCUT2D eigenvalue weighted by Crippen LogP contribution is -2.58. The Morgan fingerprint density at radius 3 is 2.19 bits per heavy atom. The van der Waals surface area contributed by atoms with Gasteiger partial charge in [0, 0.05) is 50.5 Å². The molecule has 1 saturated heterocycles. The van der Waals surface area contributed by atoms with Gasteiger partial charge in [-0.15, -0.1) is 0 Å². The molecule has 1 amide bonds. The largest absolute Gasteiger partial charge is 0.340 e. The molecule has 1 aliphatic heterocycles. The molecule has 6 rings (SSSR count). The number of carbonyl (C=O) groups excluding carboxylic acids is 1. The van der Waals surface area contributed by atoms with Crippen LogP contribution < -0.4 is 0 Å². The van der Waals surface area contributed by atoms with E-state index in [-0.39, 0.29) is 5.41 Å². The summed E-state index contributed by atoms with van der Waals surface area (Å²) in [6, 6.07) is 0. The van der Waals surface area contributed by atoms with Crippen LogP contribution in [-0.4, -0.2) is 51.7 Å². The van der Waals surface area contributed by atoms with Gasteiger partial charge in [0.15, 0.2) is 0 Å². The minimum atomic E-state index is 0.0236. The predicted molar refractivity (Wildman–Crippen MR) is 105 cm³/mol. The molecular formula is C22H34N4O. The normalized spacial score (nSPS) is 35.8. The molecule has 5 fully saturated rings. The maximum atomic E-state index is 13.5. The monoisotopic (exact) mass is 370 g/mol. The summed E-state index contributed by atoms with van der Waals surface area (Å²) in [4.78, 5) is 18.2. The first-order valence-corrected chi connectivity index (χ1v) is 11.1. The van der Waals surface area contributed by atoms with Crippen LogP contribution >= 0.6 is 0 Å². The third-order valence-electron chi connectivity index (χ3n) is 8.05. The van der Waals surface area contributed by atoms with E-state index in [0.717, 1.165) is 57.0 Å². The molecular weight excluding hydrogens is 336 g/mol. The van der Waals surface area contributed by atoms with E-state index < -0.39 is 0 Å². The van der Waals surface area contributed by atoms with Gasteiger partial charge in [0.05, 0.1) is 11.6 Å². The molecule has 4 aliphatic carbocycles. The molecule has 0 radical (unpaired) electrons. The van der Waals surface area contributed by atoms with Gasteiger partial charge in [-0.1, -0.05) is 0 Å². The predicted octanol–water partition coefficient (Wildman–Crippen LogP) is 3.07. The zero-order valence-electron chi connectivity index (χ0n) is 17.0. The molecule has 5 nitrogen and oxygen atoms in total. The van der Waals surface area contributed by atoms with Crippen molar-refractivity contribution in [2.75, 3.05) is 26.2 Å². The Bertz CT molecular complexity index is 681. The molecule has 0 spiro atoms. The lowest BCUT2D eigenvalue weighted by molar-refractivity contribution is -0.159. The van der Waals surface area contributed by atoms with Crippen LogP contribution in [0.3, 0.4) is 0 Å². The lowest BCUT2D eigenvalue weighted by atomic mass is 9.49. The SMILES string of the molecule is CCn1ncc(CN2CCN(C(=O)C34CC5CC(CC(C5)C3)C4)CC2)c1C. The Labute approximate surface area is 163 Å². The quantitative estimate of drug-likeness (QED) is 0.818. The van der Waals surface area contributed by atoms with Crippen molar-refractivity contribution in [2.24, 2.45) is 23.2 Å². The topological polar surface area (TPSA) is 41.4 Å². The average Bonchev–Trinajstić information content (AvgIpc) is 3.00. The van der Waals surface area contributed by atoms with Crippen molar-refractivity contribution in [1.29, 1.82) is 0 Å². The fraction of sp³-hybridized carbons (Fsp3) is 0.818. The number of amides is 1. The highest BCUT2D eigenvalue weighted by Gasteiger charge is 2.55. The van der Waals surface area contributed by atoms with Gasteiger partial charge < -0.3 is 4.90 Å². The van der Waals surface area contributed by atoms with Crippen LogP contribution in [0.1, 0.15) is 56.7 Å². The molecule has 27 heavy (non-hydrogen) atoms. The van der Waals surface area contributed by atoms with Gasteiger partial charge in [0.2, 0.25) is 5.91 Å². The summed E-state index contributed by atoms with van der Waals surface area (Å²) in [5, 5.41) is 4.47. The van der Waals surface area contributed by atoms with Crippen molar-refractivity contribution >= 4 is 5.91 Å². The average molecular weight is 371 g/mol. The number of piperazine rings is 1. The van der Waals surface area contributed by atoms with Gasteiger partial charge in [-0.05, 0) is 70.1 Å². The van der Waals surface area contributed by atoms with Crippen molar-refractivity contribution < 1.29 is 4.79 Å². The number of aromatic nitrogens is 2. The Morgan fingerprint density at radius 2 is 1.67 bits per heavy atom. The fourth-order valence-electron chi connectivity index (χ4n) is 7.02. The van der Waals surface area contributed by atoms with E-state index in [1.165, 1.54) is 49.8 Å². The van der Waals surface area contributed by atoms with E-state index in [2.05, 4.69) is 33.4 Å². The number of rotatable bonds is 4. The van der Waals surface area contributed by atoms with Crippen molar-refractivity contribution in [3.05, 3.63) is 17.5 Å². The van der Waals surface area contributed by atoms with Crippen LogP contribution in [0.15, 0.2) is 6.20 Å². The molecule has 4 bridgehead atoms. The highest BCUT2D eigenvalue weighted by Crippen LogP contribution is 2.60. The van der Waals surface area contributed by atoms with Crippen LogP contribution in [0.5, 0.6) is 0 Å². The van der Waals surface area contributed by atoms with E-state index in [9.17, 15) is 4.79 Å². The van der Waals surface area contributed by atoms with Crippen molar-refractivity contribution in [3.8, 4) is 0 Å². The highest BCUT2D eigenvalue weighted by atomic mass is 16.2. The molecule has 5 heteroatoms. The summed E-state index contributed by atoms with van der Waals surface area (Å²) in [5.74, 6) is 3.05. The van der Waals surface area contributed by atoms with Gasteiger partial charge in [-0.2, -0.15) is 5.10 Å². The summed E-state index contributed by atoms with van der Waals surface area (Å²) in [5.41, 5.74) is 2.64. The van der Waals surface area contributed by atoms with Gasteiger partial charge >= 0.3 is 0 Å². The van der Waals surface area contributed by atoms with Crippen LogP contribution in [0, 0.1) is 30.1 Å². The van der Waals surface area contributed by atoms with Gasteiger partial charge in [-0.25, -0.2) is 0 Å². The Morgan fingerprint density at radius 1 is 1.07 bits per heavy atom. The number of hydrogen-bond donors (Lipinski definition) is 0. The molecule has 0 N–H and O–H groups in total. The van der Waals surface area contributed by atoms with Crippen LogP contribution in [0.25, 0.3) is 0 Å². The highest BCUT2D eigenvalue weighted by molar-refractivity contribution is 5.83. The van der Waals surface area contributed by atoms with E-state index in [0.29, 0.717) is 5.91 Å². The number of nitrogens with zero attached hydrogens (tertiary/aromatic N) is 4. The fourth-order valence-corrected chi connectivity index (χ4v) is 7.02. The first-order valence-electron chi connectivity index (χ1n) is 11.1. The maximum absolute atomic E-state index is 13.5. The molecule has 1 aromatic heterocycles. The number of carbonyl (C=O) groups is 1. The second-order valence-corrected chi connectivity index (χ2v) is 9.84. The van der Waals surface area contributed by atoms with E-state index in [1.807, 2.05) is 6.20 Å². The molecule has 2 heterocycles. The summed E-state index contributed by atoms with van der Waals surface area (Å²) in [6.45, 7) is 9.99. The third-order valence-corrected chi connectivity index (χ3v) is 8.05. The summed E-state index contributed by atoms with van der Waals surface area (Å²) in [7, 11) is 0. The Hall–Kier alpha value is -1.36. The minimum absolute atomic E-state index is 0.0236. The maximum Gasteiger partial charge on any atom is 0.228 e. The van der Waals surface area contributed by atoms with Gasteiger partial charge in [0.1, 0.15) is 0 Å². The molecule has 0 atom stereocenters. The Balaban J connectivity index is 1.20. The second-order valence-electron chi connectivity index (χ2n) is 9.84. The lowest BCUT2D eigenvalue weighted by Gasteiger charge is -2.57. The third kappa shape index (κ3) is 3.02. The van der Waals surface area contributed by atoms with Gasteiger partial charge in [-0.3, -0.25) is 14.4 Å². The molecule has 148 valence electrons. The van der Waals surface area contributed by atoms with Crippen LogP contribution in [-0.2, 0) is 17.9 Å². The number of hydrogen-bond acceptors (Lipinski definition) is 3. The van der Waals surface area contributed by atoms with E-state index in [4.69, 9.17) is 0 Å². The van der Waals surface area contributed by atoms with Crippen molar-refractivity contribution in [2.45, 2.75) is 65.5 Å². The first kappa shape index (κ1) is 17.7. The molecule has 0 aromatic carbocycles. The number of aryl methyl sites for hydroxylation is 1. The zero-order chi connectivity index (χ0) is 18.6. The zero-order valence-corrected chi connectivity index (χ0v) is 17.0. The molecule has 4 saturated carbocycles. The summed E-state index contributed by atoms with van der Waals surface area (Å²) < 4.78 is 2.07. The summed E-state index contributed by atoms with van der Waals surface area (Å²) in [6.07, 6.45) is 9.81. The van der Waals surface area contributed by atoms with Crippen molar-refractivity contribution in [3.63, 3.8) is 0 Å².